The van der Waals surface area contributed by atoms with Crippen molar-refractivity contribution in [1.82, 2.24) is 29.3 Å². The quantitative estimate of drug-likeness (QED) is 0.280. The number of aromatic nitrogens is 5. The average molecular weight is 526 g/mol. The van der Waals surface area contributed by atoms with Crippen LogP contribution in [0.3, 0.4) is 0 Å². The van der Waals surface area contributed by atoms with E-state index >= 15 is 0 Å². The number of halogens is 1. The smallest absolute Gasteiger partial charge is 0.244 e. The molecule has 1 amide bonds. The van der Waals surface area contributed by atoms with Crippen LogP contribution >= 0.6 is 0 Å². The molecule has 10 nitrogen and oxygen atoms in total. The third-order valence-electron chi connectivity index (χ3n) is 6.77. The number of hydrogen-bond acceptors (Lipinski definition) is 7. The van der Waals surface area contributed by atoms with E-state index < -0.39 is 11.5 Å². The number of Topliss-reactive ketones (excluding diaryl/α,β-unsaturated/α-hetero) is 1. The molecule has 196 valence electrons. The zero-order valence-electron chi connectivity index (χ0n) is 21.4. The fraction of sp³-hybridized carbons (Fsp3) is 0.286. The number of fused-ring (bicyclic) bond motifs is 1. The van der Waals surface area contributed by atoms with Crippen LogP contribution in [0.5, 0.6) is 5.75 Å². The second-order valence-corrected chi connectivity index (χ2v) is 9.21. The fourth-order valence-corrected chi connectivity index (χ4v) is 4.51. The first-order valence-corrected chi connectivity index (χ1v) is 12.3. The van der Waals surface area contributed by atoms with Gasteiger partial charge in [-0.05, 0) is 36.6 Å². The van der Waals surface area contributed by atoms with Crippen molar-refractivity contribution in [1.29, 1.82) is 5.26 Å². The minimum absolute atomic E-state index is 0.0450. The number of carbonyl (C=O) groups excluding carboxylic acids is 2. The zero-order valence-corrected chi connectivity index (χ0v) is 21.4. The second kappa shape index (κ2) is 10.4. The van der Waals surface area contributed by atoms with E-state index in [0.29, 0.717) is 53.2 Å². The minimum Gasteiger partial charge on any atom is -0.496 e. The van der Waals surface area contributed by atoms with Gasteiger partial charge < -0.3 is 9.64 Å². The summed E-state index contributed by atoms with van der Waals surface area (Å²) in [4.78, 5) is 31.6. The summed E-state index contributed by atoms with van der Waals surface area (Å²) >= 11 is 0. The Morgan fingerprint density at radius 3 is 2.90 bits per heavy atom. The van der Waals surface area contributed by atoms with Gasteiger partial charge in [-0.15, -0.1) is 0 Å². The van der Waals surface area contributed by atoms with E-state index in [2.05, 4.69) is 33.1 Å². The van der Waals surface area contributed by atoms with Gasteiger partial charge in [0.05, 0.1) is 42.6 Å². The average Bonchev–Trinajstić information content (AvgIpc) is 3.68. The lowest BCUT2D eigenvalue weighted by Crippen LogP contribution is -2.35. The van der Waals surface area contributed by atoms with Crippen LogP contribution in [-0.2, 0) is 11.3 Å². The molecule has 0 spiro atoms. The van der Waals surface area contributed by atoms with Gasteiger partial charge in [-0.2, -0.15) is 15.5 Å². The van der Waals surface area contributed by atoms with E-state index in [1.54, 1.807) is 49.8 Å². The van der Waals surface area contributed by atoms with E-state index in [0.717, 1.165) is 0 Å². The molecule has 0 bridgehead atoms. The van der Waals surface area contributed by atoms with Gasteiger partial charge in [-0.3, -0.25) is 14.3 Å². The number of ketones is 1. The van der Waals surface area contributed by atoms with Crippen molar-refractivity contribution in [2.24, 2.45) is 0 Å². The van der Waals surface area contributed by atoms with Gasteiger partial charge in [0.1, 0.15) is 23.7 Å². The molecule has 1 unspecified atom stereocenters. The zero-order chi connectivity index (χ0) is 27.6. The number of methoxy groups -OCH3 is 1. The van der Waals surface area contributed by atoms with E-state index in [1.807, 2.05) is 0 Å². The molecule has 4 aromatic rings. The Balaban J connectivity index is 1.51. The summed E-state index contributed by atoms with van der Waals surface area (Å²) in [6.45, 7) is 2.01. The number of carbonyl (C=O) groups is 2. The first-order valence-electron chi connectivity index (χ1n) is 12.3. The standard InChI is InChI=1S/C28H24FN7O3/c1-3-28(29)9-12-34(18-28)25(38)17-35-16-20(26(33-35)21-13-19(14-30)5-8-24(21)39-2)6-7-23(37)22-15-32-36-11-4-10-31-27(22)36/h4-5,8,10-11,13,15-16H,3,9,12,17-18H2,1-2H3. The predicted molar refractivity (Wildman–Crippen MR) is 138 cm³/mol. The third kappa shape index (κ3) is 5.07. The highest BCUT2D eigenvalue weighted by Gasteiger charge is 2.38. The molecule has 0 saturated carbocycles. The van der Waals surface area contributed by atoms with Crippen molar-refractivity contribution in [3.63, 3.8) is 0 Å². The van der Waals surface area contributed by atoms with E-state index in [1.165, 1.54) is 27.4 Å². The van der Waals surface area contributed by atoms with Crippen molar-refractivity contribution in [2.45, 2.75) is 32.0 Å². The molecule has 0 N–H and O–H groups in total. The van der Waals surface area contributed by atoms with Crippen molar-refractivity contribution in [3.05, 3.63) is 65.7 Å². The van der Waals surface area contributed by atoms with Crippen LogP contribution in [0.4, 0.5) is 4.39 Å². The summed E-state index contributed by atoms with van der Waals surface area (Å²) in [7, 11) is 1.49. The lowest BCUT2D eigenvalue weighted by atomic mass is 10.0. The van der Waals surface area contributed by atoms with E-state index in [4.69, 9.17) is 4.74 Å². The highest BCUT2D eigenvalue weighted by molar-refractivity contribution is 6.12. The van der Waals surface area contributed by atoms with Gasteiger partial charge >= 0.3 is 0 Å². The van der Waals surface area contributed by atoms with Crippen LogP contribution in [0.25, 0.3) is 16.9 Å². The molecule has 39 heavy (non-hydrogen) atoms. The first-order chi connectivity index (χ1) is 18.8. The number of rotatable bonds is 6. The maximum atomic E-state index is 14.7. The number of hydrogen-bond donors (Lipinski definition) is 0. The summed E-state index contributed by atoms with van der Waals surface area (Å²) < 4.78 is 23.1. The van der Waals surface area contributed by atoms with Gasteiger partial charge in [0.15, 0.2) is 5.65 Å². The Kier molecular flexibility index (Phi) is 6.82. The molecule has 1 aromatic carbocycles. The number of nitrogens with zero attached hydrogens (tertiary/aromatic N) is 7. The van der Waals surface area contributed by atoms with Crippen LogP contribution in [0, 0.1) is 23.2 Å². The summed E-state index contributed by atoms with van der Waals surface area (Å²) in [5, 5.41) is 18.1. The fourth-order valence-electron chi connectivity index (χ4n) is 4.51. The molecule has 3 aromatic heterocycles. The maximum absolute atomic E-state index is 14.7. The first kappa shape index (κ1) is 25.6. The number of alkyl halides is 1. The maximum Gasteiger partial charge on any atom is 0.244 e. The van der Waals surface area contributed by atoms with E-state index in [-0.39, 0.29) is 24.6 Å². The molecule has 4 heterocycles. The third-order valence-corrected chi connectivity index (χ3v) is 6.77. The normalized spacial score (nSPS) is 16.5. The van der Waals surface area contributed by atoms with Crippen molar-refractivity contribution in [2.75, 3.05) is 20.2 Å². The van der Waals surface area contributed by atoms with Gasteiger partial charge in [-0.1, -0.05) is 12.8 Å². The Labute approximate surface area is 223 Å². The summed E-state index contributed by atoms with van der Waals surface area (Å²) in [5.74, 6) is 5.16. The highest BCUT2D eigenvalue weighted by atomic mass is 19.1. The Bertz CT molecular complexity index is 1690. The topological polar surface area (TPSA) is 118 Å². The Hall–Kier alpha value is -5.03. The van der Waals surface area contributed by atoms with Crippen molar-refractivity contribution < 1.29 is 18.7 Å². The predicted octanol–water partition coefficient (Wildman–Crippen LogP) is 3.06. The van der Waals surface area contributed by atoms with E-state index in [9.17, 15) is 19.2 Å². The summed E-state index contributed by atoms with van der Waals surface area (Å²) in [6.07, 6.45) is 6.83. The lowest BCUT2D eigenvalue weighted by Gasteiger charge is -2.19. The molecule has 0 aliphatic carbocycles. The molecule has 5 rings (SSSR count). The highest BCUT2D eigenvalue weighted by Crippen LogP contribution is 2.32. The molecule has 11 heteroatoms. The number of amides is 1. The lowest BCUT2D eigenvalue weighted by molar-refractivity contribution is -0.131. The van der Waals surface area contributed by atoms with Crippen LogP contribution in [0.15, 0.2) is 49.1 Å². The molecule has 1 aliphatic rings. The van der Waals surface area contributed by atoms with Gasteiger partial charge in [-0.25, -0.2) is 13.9 Å². The van der Waals surface area contributed by atoms with Crippen LogP contribution in [0.1, 0.15) is 41.3 Å². The molecular weight excluding hydrogens is 501 g/mol. The summed E-state index contributed by atoms with van der Waals surface area (Å²) in [5.41, 5.74) is 0.791. The monoisotopic (exact) mass is 525 g/mol. The van der Waals surface area contributed by atoms with Crippen LogP contribution in [0.2, 0.25) is 0 Å². The Morgan fingerprint density at radius 2 is 2.15 bits per heavy atom. The van der Waals surface area contributed by atoms with Crippen molar-refractivity contribution >= 4 is 17.3 Å². The number of ether oxygens (including phenoxy) is 1. The number of benzene rings is 1. The molecule has 1 aliphatic heterocycles. The second-order valence-electron chi connectivity index (χ2n) is 9.21. The number of likely N-dealkylation sites (tertiary alicyclic amines) is 1. The summed E-state index contributed by atoms with van der Waals surface area (Å²) in [6, 6.07) is 8.64. The van der Waals surface area contributed by atoms with Gasteiger partial charge in [0.25, 0.3) is 0 Å². The molecule has 0 radical (unpaired) electrons. The molecule has 1 fully saturated rings. The Morgan fingerprint density at radius 1 is 1.31 bits per heavy atom. The van der Waals surface area contributed by atoms with Gasteiger partial charge in [0, 0.05) is 37.1 Å². The van der Waals surface area contributed by atoms with Gasteiger partial charge in [0.2, 0.25) is 11.7 Å². The molecule has 1 saturated heterocycles. The SMILES string of the molecule is CCC1(F)CCN(C(=O)Cn2cc(C#CC(=O)c3cnn4cccnc34)c(-c3cc(C#N)ccc3OC)n2)C1. The molecule has 1 atom stereocenters. The minimum atomic E-state index is -1.37. The van der Waals surface area contributed by atoms with Crippen LogP contribution < -0.4 is 4.74 Å². The molecular formula is C28H24FN7O3. The number of nitriles is 1. The van der Waals surface area contributed by atoms with Crippen LogP contribution in [-0.4, -0.2) is 66.8 Å². The van der Waals surface area contributed by atoms with Crippen molar-refractivity contribution in [3.8, 4) is 34.9 Å². The largest absolute Gasteiger partial charge is 0.496 e.